The first-order valence-electron chi connectivity index (χ1n) is 8.94. The Morgan fingerprint density at radius 1 is 1.03 bits per heavy atom. The predicted molar refractivity (Wildman–Crippen MR) is 114 cm³/mol. The van der Waals surface area contributed by atoms with Crippen molar-refractivity contribution in [1.82, 2.24) is 0 Å². The van der Waals surface area contributed by atoms with Gasteiger partial charge in [0.15, 0.2) is 0 Å². The van der Waals surface area contributed by atoms with Crippen LogP contribution in [0.4, 0.5) is 10.1 Å². The van der Waals surface area contributed by atoms with Crippen LogP contribution in [-0.2, 0) is 10.0 Å². The number of hydrogen-bond donors (Lipinski definition) is 0. The zero-order valence-corrected chi connectivity index (χ0v) is 17.8. The van der Waals surface area contributed by atoms with E-state index in [2.05, 4.69) is 0 Å². The number of halogens is 2. The molecule has 3 rings (SSSR count). The lowest BCUT2D eigenvalue weighted by molar-refractivity contribution is 0.414. The molecular weight excluding hydrogens is 413 g/mol. The van der Waals surface area contributed by atoms with Crippen LogP contribution in [0.25, 0.3) is 0 Å². The highest BCUT2D eigenvalue weighted by Gasteiger charge is 2.31. The van der Waals surface area contributed by atoms with Crippen LogP contribution in [0.5, 0.6) is 5.75 Å². The average molecular weight is 434 g/mol. The molecule has 0 aliphatic carbocycles. The van der Waals surface area contributed by atoms with E-state index in [-0.39, 0.29) is 4.90 Å². The number of sulfonamides is 1. The molecule has 152 valence electrons. The quantitative estimate of drug-likeness (QED) is 0.497. The van der Waals surface area contributed by atoms with Gasteiger partial charge in [-0.25, -0.2) is 12.8 Å². The Balaban J connectivity index is 2.16. The summed E-state index contributed by atoms with van der Waals surface area (Å²) in [5.74, 6) is 0.169. The zero-order valence-electron chi connectivity index (χ0n) is 16.3. The number of benzene rings is 3. The molecule has 7 heteroatoms. The largest absolute Gasteiger partial charge is 0.497 e. The van der Waals surface area contributed by atoms with E-state index >= 15 is 0 Å². The molecule has 0 unspecified atom stereocenters. The summed E-state index contributed by atoms with van der Waals surface area (Å²) in [4.78, 5) is 0.0622. The van der Waals surface area contributed by atoms with E-state index in [1.165, 1.54) is 40.7 Å². The maximum atomic E-state index is 13.6. The van der Waals surface area contributed by atoms with Gasteiger partial charge in [-0.2, -0.15) is 0 Å². The molecule has 0 aliphatic heterocycles. The lowest BCUT2D eigenvalue weighted by Gasteiger charge is -2.31. The van der Waals surface area contributed by atoms with Gasteiger partial charge in [0.25, 0.3) is 10.0 Å². The van der Waals surface area contributed by atoms with Crippen molar-refractivity contribution < 1.29 is 17.5 Å². The van der Waals surface area contributed by atoms with Gasteiger partial charge in [0, 0.05) is 5.02 Å². The molecule has 29 heavy (non-hydrogen) atoms. The van der Waals surface area contributed by atoms with Crippen LogP contribution in [0.15, 0.2) is 71.6 Å². The molecule has 0 aliphatic rings. The molecule has 0 spiro atoms. The highest BCUT2D eigenvalue weighted by molar-refractivity contribution is 7.92. The molecule has 0 radical (unpaired) electrons. The van der Waals surface area contributed by atoms with Crippen molar-refractivity contribution in [3.8, 4) is 5.75 Å². The van der Waals surface area contributed by atoms with Crippen LogP contribution in [0, 0.1) is 12.7 Å². The summed E-state index contributed by atoms with van der Waals surface area (Å²) in [6.07, 6.45) is 0. The lowest BCUT2D eigenvalue weighted by atomic mass is 10.1. The van der Waals surface area contributed by atoms with Gasteiger partial charge in [-0.05, 0) is 73.5 Å². The minimum Gasteiger partial charge on any atom is -0.497 e. The Bertz CT molecular complexity index is 1120. The fourth-order valence-electron chi connectivity index (χ4n) is 3.04. The number of rotatable bonds is 6. The Morgan fingerprint density at radius 2 is 1.72 bits per heavy atom. The molecule has 0 saturated carbocycles. The zero-order chi connectivity index (χ0) is 21.2. The highest BCUT2D eigenvalue weighted by Crippen LogP contribution is 2.35. The number of aryl methyl sites for hydroxylation is 1. The van der Waals surface area contributed by atoms with E-state index < -0.39 is 21.9 Å². The van der Waals surface area contributed by atoms with Crippen molar-refractivity contribution in [1.29, 1.82) is 0 Å². The van der Waals surface area contributed by atoms with Crippen LogP contribution in [0.2, 0.25) is 5.02 Å². The van der Waals surface area contributed by atoms with Gasteiger partial charge in [0.05, 0.1) is 23.7 Å². The number of ether oxygens (including phenoxy) is 1. The summed E-state index contributed by atoms with van der Waals surface area (Å²) >= 11 is 6.18. The van der Waals surface area contributed by atoms with Gasteiger partial charge in [-0.15, -0.1) is 0 Å². The van der Waals surface area contributed by atoms with Crippen LogP contribution in [0.3, 0.4) is 0 Å². The number of methoxy groups -OCH3 is 1. The molecule has 0 aromatic heterocycles. The molecule has 0 saturated heterocycles. The van der Waals surface area contributed by atoms with Gasteiger partial charge in [-0.3, -0.25) is 4.31 Å². The van der Waals surface area contributed by atoms with E-state index in [0.29, 0.717) is 16.5 Å². The molecular formula is C22H21ClFNO3S. The number of hydrogen-bond acceptors (Lipinski definition) is 3. The van der Waals surface area contributed by atoms with Crippen molar-refractivity contribution in [2.24, 2.45) is 0 Å². The van der Waals surface area contributed by atoms with Gasteiger partial charge in [0.2, 0.25) is 0 Å². The van der Waals surface area contributed by atoms with Crippen LogP contribution in [0.1, 0.15) is 24.1 Å². The Labute approximate surface area is 175 Å². The smallest absolute Gasteiger partial charge is 0.264 e. The van der Waals surface area contributed by atoms with Crippen LogP contribution < -0.4 is 9.04 Å². The number of anilines is 1. The van der Waals surface area contributed by atoms with E-state index in [4.69, 9.17) is 16.3 Å². The monoisotopic (exact) mass is 433 g/mol. The molecule has 3 aromatic carbocycles. The third-order valence-electron chi connectivity index (χ3n) is 4.71. The van der Waals surface area contributed by atoms with E-state index in [1.54, 1.807) is 45.2 Å². The SMILES string of the molecule is COc1cccc([C@@H](C)N(c2ccc(F)cc2)S(=O)(=O)c2ccc(C)c(Cl)c2)c1. The van der Waals surface area contributed by atoms with Crippen LogP contribution in [-0.4, -0.2) is 15.5 Å². The topological polar surface area (TPSA) is 46.6 Å². The van der Waals surface area contributed by atoms with Gasteiger partial charge >= 0.3 is 0 Å². The minimum atomic E-state index is -3.99. The second-order valence-corrected chi connectivity index (χ2v) is 8.86. The molecule has 0 heterocycles. The number of nitrogens with zero attached hydrogens (tertiary/aromatic N) is 1. The molecule has 0 bridgehead atoms. The Morgan fingerprint density at radius 3 is 2.34 bits per heavy atom. The normalized spacial score (nSPS) is 12.4. The summed E-state index contributed by atoms with van der Waals surface area (Å²) in [5, 5.41) is 0.360. The summed E-state index contributed by atoms with van der Waals surface area (Å²) in [5.41, 5.74) is 1.86. The molecule has 0 N–H and O–H groups in total. The van der Waals surface area contributed by atoms with Crippen molar-refractivity contribution in [3.63, 3.8) is 0 Å². The molecule has 3 aromatic rings. The van der Waals surface area contributed by atoms with Crippen molar-refractivity contribution in [3.05, 3.63) is 88.7 Å². The van der Waals surface area contributed by atoms with Crippen LogP contribution >= 0.6 is 11.6 Å². The maximum absolute atomic E-state index is 13.6. The first-order chi connectivity index (χ1) is 13.7. The van der Waals surface area contributed by atoms with Crippen molar-refractivity contribution in [2.45, 2.75) is 24.8 Å². The third kappa shape index (κ3) is 4.38. The van der Waals surface area contributed by atoms with E-state index in [0.717, 1.165) is 11.1 Å². The fourth-order valence-corrected chi connectivity index (χ4v) is 4.96. The highest BCUT2D eigenvalue weighted by atomic mass is 35.5. The molecule has 4 nitrogen and oxygen atoms in total. The molecule has 0 amide bonds. The molecule has 1 atom stereocenters. The van der Waals surface area contributed by atoms with Gasteiger partial charge in [-0.1, -0.05) is 29.8 Å². The average Bonchev–Trinajstić information content (AvgIpc) is 2.71. The predicted octanol–water partition coefficient (Wildman–Crippen LogP) is 5.75. The maximum Gasteiger partial charge on any atom is 0.264 e. The van der Waals surface area contributed by atoms with E-state index in [1.807, 2.05) is 6.07 Å². The van der Waals surface area contributed by atoms with Crippen molar-refractivity contribution >= 4 is 27.3 Å². The second kappa shape index (κ2) is 8.43. The summed E-state index contributed by atoms with van der Waals surface area (Å²) in [7, 11) is -2.44. The summed E-state index contributed by atoms with van der Waals surface area (Å²) < 4.78 is 47.2. The summed E-state index contributed by atoms with van der Waals surface area (Å²) in [6.45, 7) is 3.57. The minimum absolute atomic E-state index is 0.0622. The Kier molecular flexibility index (Phi) is 6.15. The first-order valence-corrected chi connectivity index (χ1v) is 10.8. The van der Waals surface area contributed by atoms with Crippen molar-refractivity contribution in [2.75, 3.05) is 11.4 Å². The molecule has 0 fully saturated rings. The third-order valence-corrected chi connectivity index (χ3v) is 7.01. The van der Waals surface area contributed by atoms with Gasteiger partial charge < -0.3 is 4.74 Å². The fraction of sp³-hybridized carbons (Fsp3) is 0.182. The summed E-state index contributed by atoms with van der Waals surface area (Å²) in [6, 6.07) is 16.6. The standard InChI is InChI=1S/C22H21ClFNO3S/c1-15-7-12-21(14-22(15)23)29(26,27)25(19-10-8-18(24)9-11-19)16(2)17-5-4-6-20(13-17)28-3/h4-14,16H,1-3H3/t16-/m1/s1. The first kappa shape index (κ1) is 21.1. The van der Waals surface area contributed by atoms with E-state index in [9.17, 15) is 12.8 Å². The Hall–Kier alpha value is -2.57. The lowest BCUT2D eigenvalue weighted by Crippen LogP contribution is -2.33. The van der Waals surface area contributed by atoms with Gasteiger partial charge in [0.1, 0.15) is 11.6 Å². The second-order valence-electron chi connectivity index (χ2n) is 6.64.